The van der Waals surface area contributed by atoms with Crippen LogP contribution in [-0.2, 0) is 14.1 Å². The molecule has 0 saturated carbocycles. The summed E-state index contributed by atoms with van der Waals surface area (Å²) in [7, 11) is 2.92. The molecule has 0 unspecified atom stereocenters. The molecule has 0 fully saturated rings. The molecule has 0 bridgehead atoms. The smallest absolute Gasteiger partial charge is 0.343 e. The van der Waals surface area contributed by atoms with Crippen LogP contribution < -0.4 is 16.0 Å². The van der Waals surface area contributed by atoms with E-state index in [4.69, 9.17) is 4.74 Å². The third-order valence-electron chi connectivity index (χ3n) is 7.35. The lowest BCUT2D eigenvalue weighted by atomic mass is 9.76. The van der Waals surface area contributed by atoms with Crippen molar-refractivity contribution in [1.82, 2.24) is 9.13 Å². The number of carbonyl (C=O) groups is 2. The third kappa shape index (κ3) is 3.70. The number of non-ortho nitro benzene ring substituents is 1. The lowest BCUT2D eigenvalue weighted by Crippen LogP contribution is -2.43. The number of aliphatic imine (C=N–C) groups is 1. The number of carbonyl (C=O) groups excluding carboxylic acids is 2. The van der Waals surface area contributed by atoms with Crippen molar-refractivity contribution in [3.05, 3.63) is 132 Å². The molecule has 2 heterocycles. The first-order valence-corrected chi connectivity index (χ1v) is 12.3. The van der Waals surface area contributed by atoms with E-state index in [1.165, 1.54) is 42.9 Å². The maximum absolute atomic E-state index is 13.6. The number of nitrogens with zero attached hydrogens (tertiary/aromatic N) is 4. The molecule has 11 heteroatoms. The van der Waals surface area contributed by atoms with Gasteiger partial charge in [-0.2, -0.15) is 0 Å². The number of hydrogen-bond acceptors (Lipinski definition) is 8. The Hall–Kier alpha value is -5.45. The van der Waals surface area contributed by atoms with Crippen molar-refractivity contribution in [3.63, 3.8) is 0 Å². The van der Waals surface area contributed by atoms with E-state index >= 15 is 0 Å². The number of nitro benzene ring substituents is 1. The largest absolute Gasteiger partial charge is 0.423 e. The summed E-state index contributed by atoms with van der Waals surface area (Å²) in [6.07, 6.45) is 0. The van der Waals surface area contributed by atoms with Gasteiger partial charge in [-0.25, -0.2) is 14.6 Å². The minimum absolute atomic E-state index is 0.135. The van der Waals surface area contributed by atoms with Gasteiger partial charge in [0.05, 0.1) is 27.7 Å². The number of hydrogen-bond donors (Lipinski definition) is 0. The minimum Gasteiger partial charge on any atom is -0.423 e. The van der Waals surface area contributed by atoms with Gasteiger partial charge >= 0.3 is 11.7 Å². The molecule has 198 valence electrons. The lowest BCUT2D eigenvalue weighted by molar-refractivity contribution is -0.384. The van der Waals surface area contributed by atoms with Gasteiger partial charge in [0.2, 0.25) is 0 Å². The van der Waals surface area contributed by atoms with Gasteiger partial charge < -0.3 is 4.74 Å². The number of fused-ring (bicyclic) bond motifs is 4. The average Bonchev–Trinajstić information content (AvgIpc) is 3.26. The first-order chi connectivity index (χ1) is 19.2. The van der Waals surface area contributed by atoms with Crippen molar-refractivity contribution in [3.8, 4) is 5.75 Å². The first-order valence-electron chi connectivity index (χ1n) is 12.3. The zero-order valence-corrected chi connectivity index (χ0v) is 21.2. The van der Waals surface area contributed by atoms with Gasteiger partial charge in [0.1, 0.15) is 11.6 Å². The predicted octanol–water partition coefficient (Wildman–Crippen LogP) is 3.29. The van der Waals surface area contributed by atoms with E-state index in [9.17, 15) is 29.3 Å². The standard InChI is InChI=1S/C29H20N4O7/c1-31-26-23(27(35)32(2)29(31)37)21(22-24(30-26)19-5-3-4-6-20(19)25(22)34)15-9-13-18(14-10-15)40-28(36)16-7-11-17(12-8-16)33(38)39/h3-14,21-22H,1-2H3/t21-,22+/m1/s1. The fourth-order valence-electron chi connectivity index (χ4n) is 5.35. The summed E-state index contributed by atoms with van der Waals surface area (Å²) in [5.41, 5.74) is 1.41. The van der Waals surface area contributed by atoms with Crippen LogP contribution in [-0.4, -0.2) is 31.5 Å². The maximum atomic E-state index is 13.6. The van der Waals surface area contributed by atoms with Crippen LogP contribution in [0.5, 0.6) is 5.75 Å². The fraction of sp³-hybridized carbons (Fsp3) is 0.138. The molecule has 1 aliphatic heterocycles. The highest BCUT2D eigenvalue weighted by molar-refractivity contribution is 6.30. The summed E-state index contributed by atoms with van der Waals surface area (Å²) >= 11 is 0. The molecule has 40 heavy (non-hydrogen) atoms. The summed E-state index contributed by atoms with van der Waals surface area (Å²) in [5.74, 6) is -2.00. The summed E-state index contributed by atoms with van der Waals surface area (Å²) in [5, 5.41) is 10.9. The van der Waals surface area contributed by atoms with Crippen molar-refractivity contribution in [2.45, 2.75) is 5.92 Å². The highest BCUT2D eigenvalue weighted by Crippen LogP contribution is 2.46. The maximum Gasteiger partial charge on any atom is 0.343 e. The van der Waals surface area contributed by atoms with Gasteiger partial charge in [0.25, 0.3) is 11.2 Å². The van der Waals surface area contributed by atoms with Gasteiger partial charge in [0, 0.05) is 43.3 Å². The molecular formula is C29H20N4O7. The van der Waals surface area contributed by atoms with E-state index < -0.39 is 34.0 Å². The van der Waals surface area contributed by atoms with Gasteiger partial charge in [-0.05, 0) is 29.8 Å². The number of rotatable bonds is 4. The Morgan fingerprint density at radius 1 is 0.875 bits per heavy atom. The van der Waals surface area contributed by atoms with E-state index in [2.05, 4.69) is 4.99 Å². The van der Waals surface area contributed by atoms with Gasteiger partial charge in [-0.3, -0.25) is 28.8 Å². The van der Waals surface area contributed by atoms with Gasteiger partial charge in [-0.1, -0.05) is 36.4 Å². The highest BCUT2D eigenvalue weighted by Gasteiger charge is 2.47. The number of nitro groups is 1. The molecule has 3 aromatic carbocycles. The zero-order valence-electron chi connectivity index (χ0n) is 21.2. The zero-order chi connectivity index (χ0) is 28.3. The monoisotopic (exact) mass is 536 g/mol. The summed E-state index contributed by atoms with van der Waals surface area (Å²) in [6.45, 7) is 0. The van der Waals surface area contributed by atoms with Crippen molar-refractivity contribution in [2.75, 3.05) is 0 Å². The Bertz CT molecular complexity index is 1900. The molecule has 1 aromatic heterocycles. The molecule has 1 aliphatic carbocycles. The minimum atomic E-state index is -0.774. The van der Waals surface area contributed by atoms with E-state index in [1.807, 2.05) is 0 Å². The average molecular weight is 537 g/mol. The molecule has 0 spiro atoms. The topological polar surface area (TPSA) is 143 Å². The van der Waals surface area contributed by atoms with Crippen LogP contribution in [0, 0.1) is 16.0 Å². The Kier molecular flexibility index (Phi) is 5.65. The predicted molar refractivity (Wildman–Crippen MR) is 144 cm³/mol. The number of Topliss-reactive ketones (excluding diaryl/α,β-unsaturated/α-hetero) is 1. The summed E-state index contributed by atoms with van der Waals surface area (Å²) < 4.78 is 7.74. The second kappa shape index (κ2) is 9.09. The Labute approximate surface area is 225 Å². The molecule has 0 radical (unpaired) electrons. The van der Waals surface area contributed by atoms with Crippen LogP contribution in [0.2, 0.25) is 0 Å². The van der Waals surface area contributed by atoms with Gasteiger partial charge in [0.15, 0.2) is 5.78 Å². The van der Waals surface area contributed by atoms with Crippen LogP contribution in [0.15, 0.2) is 87.4 Å². The molecule has 0 saturated heterocycles. The van der Waals surface area contributed by atoms with Crippen LogP contribution in [0.25, 0.3) is 0 Å². The molecule has 2 aliphatic rings. The SMILES string of the molecule is Cn1c2c(c(=O)n(C)c1=O)[C@H](c1ccc(OC(=O)c3ccc([N+](=O)[O-])cc3)cc1)[C@@H]1C(=O)c3ccccc3C1=N2. The van der Waals surface area contributed by atoms with E-state index in [-0.39, 0.29) is 34.2 Å². The number of aromatic nitrogens is 2. The van der Waals surface area contributed by atoms with Crippen LogP contribution in [0.4, 0.5) is 11.5 Å². The molecule has 4 aromatic rings. The van der Waals surface area contributed by atoms with Crippen LogP contribution >= 0.6 is 0 Å². The highest BCUT2D eigenvalue weighted by atomic mass is 16.6. The number of ether oxygens (including phenoxy) is 1. The molecule has 0 amide bonds. The lowest BCUT2D eigenvalue weighted by Gasteiger charge is -2.30. The molecule has 0 N–H and O–H groups in total. The van der Waals surface area contributed by atoms with E-state index in [0.717, 1.165) is 4.57 Å². The quantitative estimate of drug-likeness (QED) is 0.169. The Morgan fingerprint density at radius 2 is 1.52 bits per heavy atom. The molecule has 2 atom stereocenters. The third-order valence-corrected chi connectivity index (χ3v) is 7.35. The van der Waals surface area contributed by atoms with Crippen molar-refractivity contribution >= 4 is 29.0 Å². The Balaban J connectivity index is 1.41. The van der Waals surface area contributed by atoms with E-state index in [0.29, 0.717) is 22.4 Å². The second-order valence-electron chi connectivity index (χ2n) is 9.57. The van der Waals surface area contributed by atoms with Gasteiger partial charge in [-0.15, -0.1) is 0 Å². The number of esters is 1. The molecule has 6 rings (SSSR count). The fourth-order valence-corrected chi connectivity index (χ4v) is 5.35. The van der Waals surface area contributed by atoms with E-state index in [1.54, 1.807) is 48.5 Å². The Morgan fingerprint density at radius 3 is 2.17 bits per heavy atom. The summed E-state index contributed by atoms with van der Waals surface area (Å²) in [4.78, 5) is 67.4. The van der Waals surface area contributed by atoms with Crippen molar-refractivity contribution in [2.24, 2.45) is 25.0 Å². The number of ketones is 1. The number of benzene rings is 3. The summed E-state index contributed by atoms with van der Waals surface area (Å²) in [6, 6.07) is 18.5. The van der Waals surface area contributed by atoms with Crippen molar-refractivity contribution in [1.29, 1.82) is 0 Å². The van der Waals surface area contributed by atoms with Crippen LogP contribution in [0.3, 0.4) is 0 Å². The second-order valence-corrected chi connectivity index (χ2v) is 9.57. The van der Waals surface area contributed by atoms with Crippen molar-refractivity contribution < 1.29 is 19.2 Å². The van der Waals surface area contributed by atoms with Crippen LogP contribution in [0.1, 0.15) is 43.3 Å². The molecular weight excluding hydrogens is 516 g/mol. The first kappa shape index (κ1) is 24.9. The molecule has 11 nitrogen and oxygen atoms in total. The normalized spacial score (nSPS) is 16.9.